The zero-order valence-corrected chi connectivity index (χ0v) is 7.99. The highest BCUT2D eigenvalue weighted by molar-refractivity contribution is 5.60. The van der Waals surface area contributed by atoms with Crippen LogP contribution in [0.25, 0.3) is 11.4 Å². The van der Waals surface area contributed by atoms with Crippen LogP contribution in [-0.4, -0.2) is 10.1 Å². The van der Waals surface area contributed by atoms with E-state index in [1.807, 2.05) is 6.92 Å². The first-order valence-corrected chi connectivity index (χ1v) is 4.27. The summed E-state index contributed by atoms with van der Waals surface area (Å²) in [6, 6.07) is 4.46. The van der Waals surface area contributed by atoms with E-state index in [2.05, 4.69) is 15.6 Å². The van der Waals surface area contributed by atoms with E-state index < -0.39 is 0 Å². The van der Waals surface area contributed by atoms with Crippen molar-refractivity contribution in [2.24, 2.45) is 5.84 Å². The highest BCUT2D eigenvalue weighted by Gasteiger charge is 2.10. The molecule has 0 aliphatic carbocycles. The van der Waals surface area contributed by atoms with Gasteiger partial charge in [0.15, 0.2) is 0 Å². The number of nitrogens with zero attached hydrogens (tertiary/aromatic N) is 2. The molecule has 0 unspecified atom stereocenters. The Kier molecular flexibility index (Phi) is 2.34. The van der Waals surface area contributed by atoms with Crippen molar-refractivity contribution in [1.29, 1.82) is 0 Å². The molecule has 0 atom stereocenters. The molecule has 0 amide bonds. The zero-order valence-electron chi connectivity index (χ0n) is 7.99. The van der Waals surface area contributed by atoms with E-state index in [1.165, 1.54) is 12.1 Å². The number of benzene rings is 1. The molecule has 0 saturated carbocycles. The molecule has 2 aromatic rings. The number of rotatable bonds is 2. The second-order valence-corrected chi connectivity index (χ2v) is 3.03. The number of aryl methyl sites for hydroxylation is 1. The lowest BCUT2D eigenvalue weighted by Gasteiger charge is -1.99. The minimum Gasteiger partial charge on any atom is -0.314 e. The van der Waals surface area contributed by atoms with Gasteiger partial charge in [0.05, 0.1) is 0 Å². The molecule has 78 valence electrons. The molecule has 0 radical (unpaired) electrons. The van der Waals surface area contributed by atoms with E-state index in [9.17, 15) is 4.39 Å². The van der Waals surface area contributed by atoms with Crippen LogP contribution in [0.1, 0.15) is 5.56 Å². The Morgan fingerprint density at radius 2 is 2.27 bits per heavy atom. The van der Waals surface area contributed by atoms with Gasteiger partial charge in [-0.05, 0) is 24.6 Å². The molecule has 1 aromatic carbocycles. The fourth-order valence-electron chi connectivity index (χ4n) is 1.23. The van der Waals surface area contributed by atoms with Gasteiger partial charge in [-0.2, -0.15) is 4.98 Å². The Bertz CT molecular complexity index is 483. The molecule has 2 rings (SSSR count). The third-order valence-corrected chi connectivity index (χ3v) is 1.99. The average Bonchev–Trinajstić information content (AvgIpc) is 2.70. The average molecular weight is 208 g/mol. The van der Waals surface area contributed by atoms with Gasteiger partial charge in [0.1, 0.15) is 5.82 Å². The molecule has 0 saturated heterocycles. The van der Waals surface area contributed by atoms with Crippen LogP contribution in [-0.2, 0) is 0 Å². The summed E-state index contributed by atoms with van der Waals surface area (Å²) in [5, 5.41) is 3.66. The molecule has 3 N–H and O–H groups in total. The number of aromatic nitrogens is 2. The molecule has 0 bridgehead atoms. The van der Waals surface area contributed by atoms with E-state index in [0.29, 0.717) is 11.4 Å². The number of hydrogen-bond donors (Lipinski definition) is 2. The van der Waals surface area contributed by atoms with Crippen LogP contribution >= 0.6 is 0 Å². The number of hydrogen-bond acceptors (Lipinski definition) is 5. The molecule has 0 aliphatic rings. The van der Waals surface area contributed by atoms with Gasteiger partial charge in [-0.25, -0.2) is 10.2 Å². The number of anilines is 1. The number of nitrogens with one attached hydrogen (secondary N) is 1. The summed E-state index contributed by atoms with van der Waals surface area (Å²) in [5.74, 6) is 5.05. The standard InChI is InChI=1S/C9H9FN4O/c1-5-2-3-6(10)4-7(5)8-12-9(13-11)15-14-8/h2-4H,11H2,1H3,(H,12,13,14). The second kappa shape index (κ2) is 3.66. The second-order valence-electron chi connectivity index (χ2n) is 3.03. The van der Waals surface area contributed by atoms with Crippen LogP contribution in [0.4, 0.5) is 10.4 Å². The Morgan fingerprint density at radius 1 is 1.47 bits per heavy atom. The van der Waals surface area contributed by atoms with E-state index in [0.717, 1.165) is 5.56 Å². The van der Waals surface area contributed by atoms with Crippen molar-refractivity contribution in [3.63, 3.8) is 0 Å². The van der Waals surface area contributed by atoms with Gasteiger partial charge >= 0.3 is 6.01 Å². The van der Waals surface area contributed by atoms with Crippen LogP contribution < -0.4 is 11.3 Å². The molecule has 1 aromatic heterocycles. The summed E-state index contributed by atoms with van der Waals surface area (Å²) in [7, 11) is 0. The lowest BCUT2D eigenvalue weighted by Crippen LogP contribution is -2.06. The van der Waals surface area contributed by atoms with E-state index >= 15 is 0 Å². The predicted octanol–water partition coefficient (Wildman–Crippen LogP) is 1.47. The Labute approximate surface area is 85.1 Å². The summed E-state index contributed by atoms with van der Waals surface area (Å²) >= 11 is 0. The highest BCUT2D eigenvalue weighted by Crippen LogP contribution is 2.22. The maximum Gasteiger partial charge on any atom is 0.335 e. The third-order valence-electron chi connectivity index (χ3n) is 1.99. The molecule has 0 spiro atoms. The van der Waals surface area contributed by atoms with Crippen LogP contribution in [0.15, 0.2) is 22.7 Å². The van der Waals surface area contributed by atoms with E-state index in [-0.39, 0.29) is 11.8 Å². The largest absolute Gasteiger partial charge is 0.335 e. The Balaban J connectivity index is 2.48. The number of nitrogen functional groups attached to an aromatic ring is 1. The number of nitrogens with two attached hydrogens (primary N) is 1. The monoisotopic (exact) mass is 208 g/mol. The van der Waals surface area contributed by atoms with Crippen LogP contribution in [0.5, 0.6) is 0 Å². The number of hydrazine groups is 1. The summed E-state index contributed by atoms with van der Waals surface area (Å²) in [4.78, 5) is 3.92. The Hall–Kier alpha value is -1.95. The van der Waals surface area contributed by atoms with Gasteiger partial charge in [-0.1, -0.05) is 11.2 Å². The van der Waals surface area contributed by atoms with Gasteiger partial charge in [-0.15, -0.1) is 0 Å². The van der Waals surface area contributed by atoms with Crippen molar-refractivity contribution in [2.45, 2.75) is 6.92 Å². The summed E-state index contributed by atoms with van der Waals surface area (Å²) in [6.07, 6.45) is 0. The molecular weight excluding hydrogens is 199 g/mol. The molecule has 0 aliphatic heterocycles. The van der Waals surface area contributed by atoms with E-state index in [1.54, 1.807) is 6.07 Å². The third kappa shape index (κ3) is 1.79. The fourth-order valence-corrected chi connectivity index (χ4v) is 1.23. The topological polar surface area (TPSA) is 77.0 Å². The van der Waals surface area contributed by atoms with Crippen LogP contribution in [0.3, 0.4) is 0 Å². The maximum atomic E-state index is 13.0. The number of halogens is 1. The van der Waals surface area contributed by atoms with Gasteiger partial charge in [0, 0.05) is 5.56 Å². The molecule has 6 heteroatoms. The van der Waals surface area contributed by atoms with E-state index in [4.69, 9.17) is 10.4 Å². The van der Waals surface area contributed by atoms with Crippen molar-refractivity contribution < 1.29 is 8.91 Å². The molecule has 0 fully saturated rings. The summed E-state index contributed by atoms with van der Waals surface area (Å²) in [5.41, 5.74) is 3.66. The van der Waals surface area contributed by atoms with Crippen LogP contribution in [0, 0.1) is 12.7 Å². The molecular formula is C9H9FN4O. The van der Waals surface area contributed by atoms with Gasteiger partial charge < -0.3 is 4.52 Å². The lowest BCUT2D eigenvalue weighted by atomic mass is 10.1. The minimum atomic E-state index is -0.345. The summed E-state index contributed by atoms with van der Waals surface area (Å²) < 4.78 is 17.7. The lowest BCUT2D eigenvalue weighted by molar-refractivity contribution is 0.432. The van der Waals surface area contributed by atoms with Crippen molar-refractivity contribution in [1.82, 2.24) is 10.1 Å². The van der Waals surface area contributed by atoms with Gasteiger partial charge in [0.2, 0.25) is 5.82 Å². The predicted molar refractivity (Wildman–Crippen MR) is 52.2 cm³/mol. The van der Waals surface area contributed by atoms with Gasteiger partial charge in [0.25, 0.3) is 0 Å². The van der Waals surface area contributed by atoms with Crippen molar-refractivity contribution in [2.75, 3.05) is 5.43 Å². The quantitative estimate of drug-likeness (QED) is 0.577. The fraction of sp³-hybridized carbons (Fsp3) is 0.111. The SMILES string of the molecule is Cc1ccc(F)cc1-c1noc(NN)n1. The van der Waals surface area contributed by atoms with Crippen molar-refractivity contribution in [3.05, 3.63) is 29.6 Å². The first-order valence-electron chi connectivity index (χ1n) is 4.27. The first kappa shape index (κ1) is 9.60. The smallest absolute Gasteiger partial charge is 0.314 e. The van der Waals surface area contributed by atoms with Gasteiger partial charge in [-0.3, -0.25) is 5.43 Å². The molecule has 1 heterocycles. The molecule has 5 nitrogen and oxygen atoms in total. The zero-order chi connectivity index (χ0) is 10.8. The highest BCUT2D eigenvalue weighted by atomic mass is 19.1. The Morgan fingerprint density at radius 3 is 2.93 bits per heavy atom. The van der Waals surface area contributed by atoms with Crippen molar-refractivity contribution in [3.8, 4) is 11.4 Å². The van der Waals surface area contributed by atoms with Crippen LogP contribution in [0.2, 0.25) is 0 Å². The first-order chi connectivity index (χ1) is 7.20. The summed E-state index contributed by atoms with van der Waals surface area (Å²) in [6.45, 7) is 1.83. The normalized spacial score (nSPS) is 10.3. The molecule has 15 heavy (non-hydrogen) atoms. The minimum absolute atomic E-state index is 0.0914. The maximum absolute atomic E-state index is 13.0. The van der Waals surface area contributed by atoms with Crippen molar-refractivity contribution >= 4 is 6.01 Å².